The Bertz CT molecular complexity index is 251. The van der Waals surface area contributed by atoms with Crippen LogP contribution < -0.4 is 16.8 Å². The minimum atomic E-state index is -1.08. The third-order valence-corrected chi connectivity index (χ3v) is 2.54. The molecule has 1 saturated carbocycles. The van der Waals surface area contributed by atoms with Crippen LogP contribution in [0, 0.1) is 0 Å². The Hall–Kier alpha value is -1.14. The summed E-state index contributed by atoms with van der Waals surface area (Å²) in [6.07, 6.45) is 1.92. The molecule has 0 aliphatic heterocycles. The van der Waals surface area contributed by atoms with E-state index in [1.165, 1.54) is 0 Å². The van der Waals surface area contributed by atoms with Crippen molar-refractivity contribution in [3.05, 3.63) is 0 Å². The van der Waals surface area contributed by atoms with E-state index >= 15 is 0 Å². The summed E-state index contributed by atoms with van der Waals surface area (Å²) in [6, 6.07) is -0.607. The molecule has 0 aromatic rings. The molecule has 0 aromatic heterocycles. The zero-order valence-electron chi connectivity index (χ0n) is 8.48. The van der Waals surface area contributed by atoms with Gasteiger partial charge in [-0.05, 0) is 19.3 Å². The van der Waals surface area contributed by atoms with Gasteiger partial charge in [0, 0.05) is 18.5 Å². The number of carbonyl (C=O) groups is 2. The number of hydrogen-bond acceptors (Lipinski definition) is 4. The zero-order valence-corrected chi connectivity index (χ0v) is 8.48. The lowest BCUT2D eigenvalue weighted by Crippen LogP contribution is -2.50. The molecule has 0 aromatic carbocycles. The van der Waals surface area contributed by atoms with Crippen molar-refractivity contribution in [1.29, 1.82) is 0 Å². The Balaban J connectivity index is 2.11. The standard InChI is InChI=1S/C9H17N3O3/c10-5-3-6(4-5)12-8(13)2-1-7(11)9(14)15/h5-7H,1-4,10-11H2,(H,12,13)(H,14,15). The van der Waals surface area contributed by atoms with Crippen molar-refractivity contribution in [2.45, 2.75) is 43.8 Å². The van der Waals surface area contributed by atoms with Crippen LogP contribution >= 0.6 is 0 Å². The van der Waals surface area contributed by atoms with Gasteiger partial charge >= 0.3 is 5.97 Å². The predicted molar refractivity (Wildman–Crippen MR) is 54.0 cm³/mol. The Morgan fingerprint density at radius 1 is 1.47 bits per heavy atom. The van der Waals surface area contributed by atoms with Crippen molar-refractivity contribution >= 4 is 11.9 Å². The van der Waals surface area contributed by atoms with E-state index in [1.807, 2.05) is 0 Å². The van der Waals surface area contributed by atoms with E-state index in [1.54, 1.807) is 0 Å². The average molecular weight is 215 g/mol. The molecule has 1 aliphatic rings. The highest BCUT2D eigenvalue weighted by molar-refractivity contribution is 5.78. The highest BCUT2D eigenvalue weighted by Gasteiger charge is 2.27. The van der Waals surface area contributed by atoms with Gasteiger partial charge in [0.05, 0.1) is 0 Å². The van der Waals surface area contributed by atoms with Gasteiger partial charge in [0.25, 0.3) is 0 Å². The average Bonchev–Trinajstić information content (AvgIpc) is 2.11. The molecule has 0 bridgehead atoms. The molecule has 1 amide bonds. The highest BCUT2D eigenvalue weighted by Crippen LogP contribution is 2.17. The Kier molecular flexibility index (Phi) is 4.05. The molecule has 1 fully saturated rings. The summed E-state index contributed by atoms with van der Waals surface area (Å²) in [5.74, 6) is -1.22. The van der Waals surface area contributed by atoms with Crippen LogP contribution in [0.25, 0.3) is 0 Å². The molecular formula is C9H17N3O3. The van der Waals surface area contributed by atoms with Crippen molar-refractivity contribution < 1.29 is 14.7 Å². The van der Waals surface area contributed by atoms with Crippen molar-refractivity contribution in [3.63, 3.8) is 0 Å². The van der Waals surface area contributed by atoms with E-state index in [2.05, 4.69) is 5.32 Å². The van der Waals surface area contributed by atoms with Crippen LogP contribution in [0.1, 0.15) is 25.7 Å². The number of amides is 1. The van der Waals surface area contributed by atoms with Crippen molar-refractivity contribution in [3.8, 4) is 0 Å². The number of rotatable bonds is 5. The number of carbonyl (C=O) groups excluding carboxylic acids is 1. The van der Waals surface area contributed by atoms with Gasteiger partial charge in [-0.3, -0.25) is 9.59 Å². The quantitative estimate of drug-likeness (QED) is 0.458. The number of carboxylic acid groups (broad SMARTS) is 1. The minimum Gasteiger partial charge on any atom is -0.480 e. The second-order valence-corrected chi connectivity index (χ2v) is 3.98. The van der Waals surface area contributed by atoms with E-state index in [9.17, 15) is 9.59 Å². The fourth-order valence-corrected chi connectivity index (χ4v) is 1.49. The Morgan fingerprint density at radius 2 is 2.07 bits per heavy atom. The van der Waals surface area contributed by atoms with Crippen LogP contribution in [-0.2, 0) is 9.59 Å². The fraction of sp³-hybridized carbons (Fsp3) is 0.778. The van der Waals surface area contributed by atoms with Crippen LogP contribution in [-0.4, -0.2) is 35.1 Å². The fourth-order valence-electron chi connectivity index (χ4n) is 1.49. The van der Waals surface area contributed by atoms with E-state index in [0.717, 1.165) is 12.8 Å². The molecule has 0 saturated heterocycles. The van der Waals surface area contributed by atoms with E-state index in [-0.39, 0.29) is 30.8 Å². The summed E-state index contributed by atoms with van der Waals surface area (Å²) < 4.78 is 0. The lowest BCUT2D eigenvalue weighted by Gasteiger charge is -2.33. The minimum absolute atomic E-state index is 0.149. The molecule has 0 heterocycles. The Morgan fingerprint density at radius 3 is 2.53 bits per heavy atom. The van der Waals surface area contributed by atoms with E-state index < -0.39 is 12.0 Å². The molecule has 0 radical (unpaired) electrons. The third-order valence-electron chi connectivity index (χ3n) is 2.54. The maximum absolute atomic E-state index is 11.3. The van der Waals surface area contributed by atoms with Crippen molar-refractivity contribution in [2.24, 2.45) is 11.5 Å². The second kappa shape index (κ2) is 5.09. The molecule has 15 heavy (non-hydrogen) atoms. The molecular weight excluding hydrogens is 198 g/mol. The topological polar surface area (TPSA) is 118 Å². The molecule has 1 unspecified atom stereocenters. The number of aliphatic carboxylic acids is 1. The van der Waals surface area contributed by atoms with Crippen LogP contribution in [0.4, 0.5) is 0 Å². The van der Waals surface area contributed by atoms with Gasteiger partial charge in [0.1, 0.15) is 6.04 Å². The van der Waals surface area contributed by atoms with Gasteiger partial charge in [0.15, 0.2) is 0 Å². The van der Waals surface area contributed by atoms with Gasteiger partial charge in [-0.2, -0.15) is 0 Å². The summed E-state index contributed by atoms with van der Waals surface area (Å²) in [6.45, 7) is 0. The second-order valence-electron chi connectivity index (χ2n) is 3.98. The van der Waals surface area contributed by atoms with Crippen LogP contribution in [0.2, 0.25) is 0 Å². The molecule has 1 atom stereocenters. The maximum atomic E-state index is 11.3. The zero-order chi connectivity index (χ0) is 11.4. The first kappa shape index (κ1) is 11.9. The third kappa shape index (κ3) is 3.85. The first-order valence-electron chi connectivity index (χ1n) is 5.02. The van der Waals surface area contributed by atoms with Crippen LogP contribution in [0.5, 0.6) is 0 Å². The first-order chi connectivity index (χ1) is 6.99. The molecule has 6 N–H and O–H groups in total. The summed E-state index contributed by atoms with van der Waals surface area (Å²) in [5.41, 5.74) is 10.8. The molecule has 6 nitrogen and oxygen atoms in total. The van der Waals surface area contributed by atoms with Gasteiger partial charge < -0.3 is 21.9 Å². The van der Waals surface area contributed by atoms with E-state index in [4.69, 9.17) is 16.6 Å². The lowest BCUT2D eigenvalue weighted by atomic mass is 9.87. The monoisotopic (exact) mass is 215 g/mol. The molecule has 86 valence electrons. The maximum Gasteiger partial charge on any atom is 0.320 e. The number of nitrogens with two attached hydrogens (primary N) is 2. The summed E-state index contributed by atoms with van der Waals surface area (Å²) in [4.78, 5) is 21.7. The molecule has 6 heteroatoms. The lowest BCUT2D eigenvalue weighted by molar-refractivity contribution is -0.138. The molecule has 0 spiro atoms. The first-order valence-corrected chi connectivity index (χ1v) is 5.02. The molecule has 1 aliphatic carbocycles. The SMILES string of the molecule is NC1CC(NC(=O)CCC(N)C(=O)O)C1. The van der Waals surface area contributed by atoms with Gasteiger partial charge in [-0.1, -0.05) is 0 Å². The summed E-state index contributed by atoms with van der Waals surface area (Å²) >= 11 is 0. The number of carboxylic acids is 1. The summed E-state index contributed by atoms with van der Waals surface area (Å²) in [7, 11) is 0. The molecule has 1 rings (SSSR count). The normalized spacial score (nSPS) is 26.5. The number of hydrogen-bond donors (Lipinski definition) is 4. The van der Waals surface area contributed by atoms with Gasteiger partial charge in [-0.25, -0.2) is 0 Å². The predicted octanol–water partition coefficient (Wildman–Crippen LogP) is -1.22. The largest absolute Gasteiger partial charge is 0.480 e. The van der Waals surface area contributed by atoms with E-state index in [0.29, 0.717) is 0 Å². The van der Waals surface area contributed by atoms with Gasteiger partial charge in [0.2, 0.25) is 5.91 Å². The van der Waals surface area contributed by atoms with Crippen LogP contribution in [0.15, 0.2) is 0 Å². The van der Waals surface area contributed by atoms with Crippen molar-refractivity contribution in [1.82, 2.24) is 5.32 Å². The highest BCUT2D eigenvalue weighted by atomic mass is 16.4. The van der Waals surface area contributed by atoms with Crippen LogP contribution in [0.3, 0.4) is 0 Å². The summed E-state index contributed by atoms with van der Waals surface area (Å²) in [5, 5.41) is 11.3. The van der Waals surface area contributed by atoms with Gasteiger partial charge in [-0.15, -0.1) is 0 Å². The number of nitrogens with one attached hydrogen (secondary N) is 1. The van der Waals surface area contributed by atoms with Crippen molar-refractivity contribution in [2.75, 3.05) is 0 Å². The smallest absolute Gasteiger partial charge is 0.320 e. The Labute approximate surface area is 88.0 Å².